The molecule has 1 aliphatic rings. The summed E-state index contributed by atoms with van der Waals surface area (Å²) in [5, 5.41) is 9.57. The zero-order valence-electron chi connectivity index (χ0n) is 13.2. The topological polar surface area (TPSA) is 88.5 Å². The van der Waals surface area contributed by atoms with Crippen molar-refractivity contribution >= 4 is 17.5 Å². The first-order chi connectivity index (χ1) is 10.5. The normalized spacial score (nSPS) is 21.7. The molecule has 0 aromatic carbocycles. The number of rotatable bonds is 5. The smallest absolute Gasteiger partial charge is 0.244 e. The van der Waals surface area contributed by atoms with E-state index in [1.807, 2.05) is 13.8 Å². The molecular formula is C14H23N5O3. The summed E-state index contributed by atoms with van der Waals surface area (Å²) in [5.74, 6) is -0.151. The third kappa shape index (κ3) is 4.54. The minimum absolute atomic E-state index is 0.00167. The molecule has 1 aromatic rings. The van der Waals surface area contributed by atoms with E-state index in [0.29, 0.717) is 18.8 Å². The Kier molecular flexibility index (Phi) is 5.51. The van der Waals surface area contributed by atoms with Gasteiger partial charge in [0.25, 0.3) is 0 Å². The molecule has 0 radical (unpaired) electrons. The van der Waals surface area contributed by atoms with Crippen LogP contribution >= 0.6 is 0 Å². The van der Waals surface area contributed by atoms with Crippen LogP contribution < -0.4 is 10.6 Å². The molecule has 0 spiro atoms. The summed E-state index contributed by atoms with van der Waals surface area (Å²) in [7, 11) is 1.70. The third-order valence-corrected chi connectivity index (χ3v) is 3.32. The standard InChI is InChI=1S/C14H23N5O3/c1-10-6-18(7-11(2)22-10)14(21)9-19-8-12(4-16-19)17-13(20)5-15-3/h4,8,10-11,15H,5-7,9H2,1-3H3,(H,17,20). The van der Waals surface area contributed by atoms with E-state index >= 15 is 0 Å². The summed E-state index contributed by atoms with van der Waals surface area (Å²) in [6.45, 7) is 5.49. The van der Waals surface area contributed by atoms with Gasteiger partial charge in [-0.3, -0.25) is 14.3 Å². The molecule has 1 aliphatic heterocycles. The molecule has 2 rings (SSSR count). The van der Waals surface area contributed by atoms with Crippen LogP contribution in [0.4, 0.5) is 5.69 Å². The van der Waals surface area contributed by atoms with E-state index in [4.69, 9.17) is 4.74 Å². The second kappa shape index (κ2) is 7.37. The van der Waals surface area contributed by atoms with Gasteiger partial charge in [0.05, 0.1) is 30.6 Å². The zero-order valence-corrected chi connectivity index (χ0v) is 13.2. The van der Waals surface area contributed by atoms with Crippen molar-refractivity contribution in [2.24, 2.45) is 0 Å². The Balaban J connectivity index is 1.89. The van der Waals surface area contributed by atoms with Crippen molar-refractivity contribution in [1.82, 2.24) is 20.0 Å². The van der Waals surface area contributed by atoms with Crippen molar-refractivity contribution in [2.75, 3.05) is 32.0 Å². The molecule has 2 atom stereocenters. The Morgan fingerprint density at radius 2 is 2.05 bits per heavy atom. The number of likely N-dealkylation sites (N-methyl/N-ethyl adjacent to an activating group) is 1. The molecule has 22 heavy (non-hydrogen) atoms. The SMILES string of the molecule is CNCC(=O)Nc1cnn(CC(=O)N2CC(C)OC(C)C2)c1. The summed E-state index contributed by atoms with van der Waals surface area (Å²) in [6, 6.07) is 0. The van der Waals surface area contributed by atoms with Gasteiger partial charge in [0.2, 0.25) is 11.8 Å². The molecule has 2 unspecified atom stereocenters. The molecule has 0 saturated carbocycles. The average molecular weight is 309 g/mol. The highest BCUT2D eigenvalue weighted by Crippen LogP contribution is 2.12. The highest BCUT2D eigenvalue weighted by atomic mass is 16.5. The average Bonchev–Trinajstić information content (AvgIpc) is 2.85. The summed E-state index contributed by atoms with van der Waals surface area (Å²) < 4.78 is 7.15. The molecule has 1 saturated heterocycles. The minimum Gasteiger partial charge on any atom is -0.372 e. The Bertz CT molecular complexity index is 520. The van der Waals surface area contributed by atoms with Gasteiger partial charge in [0.15, 0.2) is 0 Å². The number of morpholine rings is 1. The molecule has 2 heterocycles. The predicted molar refractivity (Wildman–Crippen MR) is 81.4 cm³/mol. The van der Waals surface area contributed by atoms with Gasteiger partial charge in [-0.1, -0.05) is 0 Å². The monoisotopic (exact) mass is 309 g/mol. The number of hydrogen-bond donors (Lipinski definition) is 2. The quantitative estimate of drug-likeness (QED) is 0.778. The van der Waals surface area contributed by atoms with Gasteiger partial charge in [-0.15, -0.1) is 0 Å². The summed E-state index contributed by atoms with van der Waals surface area (Å²) in [5.41, 5.74) is 0.580. The molecule has 8 heteroatoms. The van der Waals surface area contributed by atoms with E-state index in [-0.39, 0.29) is 37.1 Å². The minimum atomic E-state index is -0.149. The Labute approximate surface area is 129 Å². The van der Waals surface area contributed by atoms with Crippen LogP contribution in [0.5, 0.6) is 0 Å². The van der Waals surface area contributed by atoms with Crippen LogP contribution in [0.15, 0.2) is 12.4 Å². The van der Waals surface area contributed by atoms with E-state index in [1.54, 1.807) is 18.1 Å². The zero-order chi connectivity index (χ0) is 16.1. The third-order valence-electron chi connectivity index (χ3n) is 3.32. The summed E-state index contributed by atoms with van der Waals surface area (Å²) in [4.78, 5) is 25.6. The largest absolute Gasteiger partial charge is 0.372 e. The first-order valence-electron chi connectivity index (χ1n) is 7.38. The Morgan fingerprint density at radius 3 is 2.68 bits per heavy atom. The molecule has 2 amide bonds. The number of nitrogens with one attached hydrogen (secondary N) is 2. The maximum Gasteiger partial charge on any atom is 0.244 e. The highest BCUT2D eigenvalue weighted by Gasteiger charge is 2.25. The van der Waals surface area contributed by atoms with Crippen LogP contribution in [-0.2, 0) is 20.9 Å². The van der Waals surface area contributed by atoms with Crippen molar-refractivity contribution in [3.63, 3.8) is 0 Å². The van der Waals surface area contributed by atoms with E-state index in [2.05, 4.69) is 15.7 Å². The molecule has 1 fully saturated rings. The van der Waals surface area contributed by atoms with Crippen LogP contribution in [0, 0.1) is 0 Å². The fraction of sp³-hybridized carbons (Fsp3) is 0.643. The maximum atomic E-state index is 12.3. The molecule has 0 bridgehead atoms. The van der Waals surface area contributed by atoms with Crippen molar-refractivity contribution in [2.45, 2.75) is 32.6 Å². The van der Waals surface area contributed by atoms with Gasteiger partial charge in [-0.25, -0.2) is 0 Å². The highest BCUT2D eigenvalue weighted by molar-refractivity contribution is 5.91. The van der Waals surface area contributed by atoms with Crippen LogP contribution in [0.1, 0.15) is 13.8 Å². The van der Waals surface area contributed by atoms with Crippen molar-refractivity contribution < 1.29 is 14.3 Å². The lowest BCUT2D eigenvalue weighted by Gasteiger charge is -2.35. The number of hydrogen-bond acceptors (Lipinski definition) is 5. The fourth-order valence-corrected chi connectivity index (χ4v) is 2.50. The predicted octanol–water partition coefficient (Wildman–Crippen LogP) is -0.323. The Hall–Kier alpha value is -1.93. The number of nitrogens with zero attached hydrogens (tertiary/aromatic N) is 3. The van der Waals surface area contributed by atoms with Crippen LogP contribution in [0.3, 0.4) is 0 Å². The number of carbonyl (C=O) groups is 2. The molecule has 8 nitrogen and oxygen atoms in total. The van der Waals surface area contributed by atoms with Crippen LogP contribution in [0.2, 0.25) is 0 Å². The molecule has 122 valence electrons. The lowest BCUT2D eigenvalue weighted by atomic mass is 10.2. The lowest BCUT2D eigenvalue weighted by Crippen LogP contribution is -2.49. The fourth-order valence-electron chi connectivity index (χ4n) is 2.50. The van der Waals surface area contributed by atoms with Gasteiger partial charge in [0, 0.05) is 19.3 Å². The number of aromatic nitrogens is 2. The van der Waals surface area contributed by atoms with E-state index in [0.717, 1.165) is 0 Å². The number of amides is 2. The summed E-state index contributed by atoms with van der Waals surface area (Å²) >= 11 is 0. The Morgan fingerprint density at radius 1 is 1.36 bits per heavy atom. The van der Waals surface area contributed by atoms with E-state index in [9.17, 15) is 9.59 Å². The second-order valence-electron chi connectivity index (χ2n) is 5.56. The van der Waals surface area contributed by atoms with Crippen molar-refractivity contribution in [3.05, 3.63) is 12.4 Å². The van der Waals surface area contributed by atoms with Gasteiger partial charge < -0.3 is 20.3 Å². The molecule has 0 aliphatic carbocycles. The number of anilines is 1. The van der Waals surface area contributed by atoms with Gasteiger partial charge in [0.1, 0.15) is 6.54 Å². The van der Waals surface area contributed by atoms with Gasteiger partial charge in [-0.2, -0.15) is 5.10 Å². The lowest BCUT2D eigenvalue weighted by molar-refractivity contribution is -0.144. The van der Waals surface area contributed by atoms with Gasteiger partial charge >= 0.3 is 0 Å². The molecular weight excluding hydrogens is 286 g/mol. The number of carbonyl (C=O) groups excluding carboxylic acids is 2. The van der Waals surface area contributed by atoms with Crippen molar-refractivity contribution in [1.29, 1.82) is 0 Å². The van der Waals surface area contributed by atoms with Gasteiger partial charge in [-0.05, 0) is 20.9 Å². The molecule has 2 N–H and O–H groups in total. The van der Waals surface area contributed by atoms with E-state index < -0.39 is 0 Å². The maximum absolute atomic E-state index is 12.3. The second-order valence-corrected chi connectivity index (χ2v) is 5.56. The first kappa shape index (κ1) is 16.4. The van der Waals surface area contributed by atoms with Crippen molar-refractivity contribution in [3.8, 4) is 0 Å². The first-order valence-corrected chi connectivity index (χ1v) is 7.38. The van der Waals surface area contributed by atoms with E-state index in [1.165, 1.54) is 10.9 Å². The number of ether oxygens (including phenoxy) is 1. The van der Waals surface area contributed by atoms with Crippen LogP contribution in [-0.4, -0.2) is 65.4 Å². The molecule has 1 aromatic heterocycles. The summed E-state index contributed by atoms with van der Waals surface area (Å²) in [6.07, 6.45) is 3.27. The van der Waals surface area contributed by atoms with Crippen LogP contribution in [0.25, 0.3) is 0 Å².